The number of hydrogen-bond acceptors (Lipinski definition) is 3. The number of likely N-dealkylation sites (tertiary alicyclic amines) is 1. The first-order valence-electron chi connectivity index (χ1n) is 7.64. The SMILES string of the molecule is CC(C)(C)OC(=O)N1CCC(Cc2cccc(F)c2)C1C(=O)O. The summed E-state index contributed by atoms with van der Waals surface area (Å²) >= 11 is 0. The highest BCUT2D eigenvalue weighted by Gasteiger charge is 2.43. The van der Waals surface area contributed by atoms with Crippen molar-refractivity contribution in [2.24, 2.45) is 5.92 Å². The third-order valence-corrected chi connectivity index (χ3v) is 3.79. The summed E-state index contributed by atoms with van der Waals surface area (Å²) in [5, 5.41) is 9.51. The quantitative estimate of drug-likeness (QED) is 0.928. The van der Waals surface area contributed by atoms with Gasteiger partial charge in [0, 0.05) is 6.54 Å². The van der Waals surface area contributed by atoms with Crippen LogP contribution in [0.3, 0.4) is 0 Å². The normalized spacial score (nSPS) is 21.3. The van der Waals surface area contributed by atoms with E-state index in [2.05, 4.69) is 0 Å². The summed E-state index contributed by atoms with van der Waals surface area (Å²) in [5.74, 6) is -1.67. The van der Waals surface area contributed by atoms with Crippen molar-refractivity contribution in [3.05, 3.63) is 35.6 Å². The van der Waals surface area contributed by atoms with Crippen LogP contribution in [0, 0.1) is 11.7 Å². The molecule has 1 amide bonds. The van der Waals surface area contributed by atoms with Crippen LogP contribution in [-0.2, 0) is 16.0 Å². The Morgan fingerprint density at radius 3 is 2.65 bits per heavy atom. The lowest BCUT2D eigenvalue weighted by molar-refractivity contribution is -0.143. The maximum absolute atomic E-state index is 13.3. The molecular formula is C17H22FNO4. The number of carboxylic acid groups (broad SMARTS) is 1. The second kappa shape index (κ2) is 6.56. The fourth-order valence-electron chi connectivity index (χ4n) is 2.90. The molecular weight excluding hydrogens is 301 g/mol. The van der Waals surface area contributed by atoms with Gasteiger partial charge in [-0.05, 0) is 57.2 Å². The number of carboxylic acids is 1. The molecule has 5 nitrogen and oxygen atoms in total. The van der Waals surface area contributed by atoms with Gasteiger partial charge < -0.3 is 9.84 Å². The maximum Gasteiger partial charge on any atom is 0.411 e. The summed E-state index contributed by atoms with van der Waals surface area (Å²) in [4.78, 5) is 25.1. The van der Waals surface area contributed by atoms with Crippen molar-refractivity contribution >= 4 is 12.1 Å². The van der Waals surface area contributed by atoms with Crippen molar-refractivity contribution in [3.63, 3.8) is 0 Å². The van der Waals surface area contributed by atoms with Crippen molar-refractivity contribution < 1.29 is 23.8 Å². The summed E-state index contributed by atoms with van der Waals surface area (Å²) in [6, 6.07) is 5.15. The fraction of sp³-hybridized carbons (Fsp3) is 0.529. The Balaban J connectivity index is 2.13. The van der Waals surface area contributed by atoms with E-state index in [9.17, 15) is 19.1 Å². The number of nitrogens with zero attached hydrogens (tertiary/aromatic N) is 1. The van der Waals surface area contributed by atoms with E-state index in [4.69, 9.17) is 4.74 Å². The first-order chi connectivity index (χ1) is 10.7. The highest BCUT2D eigenvalue weighted by atomic mass is 19.1. The van der Waals surface area contributed by atoms with Crippen molar-refractivity contribution in [1.82, 2.24) is 4.90 Å². The number of benzene rings is 1. The standard InChI is InChI=1S/C17H22FNO4/c1-17(2,3)23-16(22)19-8-7-12(14(19)15(20)21)9-11-5-4-6-13(18)10-11/h4-6,10,12,14H,7-9H2,1-3H3,(H,20,21). The van der Waals surface area contributed by atoms with Gasteiger partial charge in [0.15, 0.2) is 0 Å². The fourth-order valence-corrected chi connectivity index (χ4v) is 2.90. The molecule has 1 aliphatic heterocycles. The molecule has 1 fully saturated rings. The molecule has 1 N–H and O–H groups in total. The zero-order valence-electron chi connectivity index (χ0n) is 13.6. The molecule has 1 saturated heterocycles. The van der Waals surface area contributed by atoms with Gasteiger partial charge in [-0.25, -0.2) is 14.0 Å². The van der Waals surface area contributed by atoms with Crippen LogP contribution in [0.5, 0.6) is 0 Å². The van der Waals surface area contributed by atoms with Crippen LogP contribution in [0.25, 0.3) is 0 Å². The van der Waals surface area contributed by atoms with E-state index in [0.717, 1.165) is 5.56 Å². The molecule has 1 heterocycles. The molecule has 23 heavy (non-hydrogen) atoms. The van der Waals surface area contributed by atoms with Crippen LogP contribution in [0.4, 0.5) is 9.18 Å². The molecule has 0 aliphatic carbocycles. The topological polar surface area (TPSA) is 66.8 Å². The zero-order chi connectivity index (χ0) is 17.2. The Morgan fingerprint density at radius 2 is 2.09 bits per heavy atom. The van der Waals surface area contributed by atoms with Crippen molar-refractivity contribution in [2.75, 3.05) is 6.54 Å². The van der Waals surface area contributed by atoms with Crippen LogP contribution >= 0.6 is 0 Å². The number of carbonyl (C=O) groups is 2. The summed E-state index contributed by atoms with van der Waals surface area (Å²) in [6.45, 7) is 5.54. The van der Waals surface area contributed by atoms with Gasteiger partial charge >= 0.3 is 12.1 Å². The average molecular weight is 323 g/mol. The van der Waals surface area contributed by atoms with Gasteiger partial charge in [0.25, 0.3) is 0 Å². The van der Waals surface area contributed by atoms with Crippen LogP contribution in [-0.4, -0.2) is 40.3 Å². The van der Waals surface area contributed by atoms with Crippen molar-refractivity contribution in [1.29, 1.82) is 0 Å². The molecule has 0 saturated carbocycles. The summed E-state index contributed by atoms with van der Waals surface area (Å²) < 4.78 is 18.6. The number of amides is 1. The second-order valence-corrected chi connectivity index (χ2v) is 6.84. The molecule has 0 bridgehead atoms. The Morgan fingerprint density at radius 1 is 1.39 bits per heavy atom. The van der Waals surface area contributed by atoms with E-state index in [1.165, 1.54) is 17.0 Å². The van der Waals surface area contributed by atoms with E-state index < -0.39 is 23.7 Å². The van der Waals surface area contributed by atoms with Gasteiger partial charge in [0.05, 0.1) is 0 Å². The number of carbonyl (C=O) groups excluding carboxylic acids is 1. The third-order valence-electron chi connectivity index (χ3n) is 3.79. The molecule has 126 valence electrons. The molecule has 1 aromatic carbocycles. The minimum absolute atomic E-state index is 0.262. The highest BCUT2D eigenvalue weighted by molar-refractivity contribution is 5.81. The highest BCUT2D eigenvalue weighted by Crippen LogP contribution is 2.29. The van der Waals surface area contributed by atoms with E-state index in [1.807, 2.05) is 0 Å². The first kappa shape index (κ1) is 17.2. The lowest BCUT2D eigenvalue weighted by atomic mass is 9.92. The smallest absolute Gasteiger partial charge is 0.411 e. The predicted molar refractivity (Wildman–Crippen MR) is 82.6 cm³/mol. The third kappa shape index (κ3) is 4.43. The number of hydrogen-bond donors (Lipinski definition) is 1. The van der Waals surface area contributed by atoms with Crippen LogP contribution in [0.2, 0.25) is 0 Å². The monoisotopic (exact) mass is 323 g/mol. The summed E-state index contributed by atoms with van der Waals surface area (Å²) in [5.41, 5.74) is 0.0492. The Kier molecular flexibility index (Phi) is 4.92. The van der Waals surface area contributed by atoms with E-state index in [0.29, 0.717) is 19.4 Å². The van der Waals surface area contributed by atoms with E-state index in [-0.39, 0.29) is 11.7 Å². The molecule has 0 radical (unpaired) electrons. The Bertz CT molecular complexity index is 597. The molecule has 0 aromatic heterocycles. The van der Waals surface area contributed by atoms with Crippen molar-refractivity contribution in [3.8, 4) is 0 Å². The summed E-state index contributed by atoms with van der Waals surface area (Å²) in [6.07, 6.45) is 0.340. The number of halogens is 1. The second-order valence-electron chi connectivity index (χ2n) is 6.84. The number of aliphatic carboxylic acids is 1. The van der Waals surface area contributed by atoms with E-state index >= 15 is 0 Å². The molecule has 1 aliphatic rings. The number of rotatable bonds is 3. The van der Waals surface area contributed by atoms with Crippen LogP contribution in [0.15, 0.2) is 24.3 Å². The molecule has 2 unspecified atom stereocenters. The van der Waals surface area contributed by atoms with E-state index in [1.54, 1.807) is 32.9 Å². The summed E-state index contributed by atoms with van der Waals surface area (Å²) in [7, 11) is 0. The van der Waals surface area contributed by atoms with Gasteiger partial charge in [0.2, 0.25) is 0 Å². The zero-order valence-corrected chi connectivity index (χ0v) is 13.6. The minimum Gasteiger partial charge on any atom is -0.480 e. The lowest BCUT2D eigenvalue weighted by Gasteiger charge is -2.28. The lowest BCUT2D eigenvalue weighted by Crippen LogP contribution is -2.45. The largest absolute Gasteiger partial charge is 0.480 e. The average Bonchev–Trinajstić information content (AvgIpc) is 2.80. The minimum atomic E-state index is -1.06. The van der Waals surface area contributed by atoms with Crippen molar-refractivity contribution in [2.45, 2.75) is 45.3 Å². The molecule has 1 aromatic rings. The van der Waals surface area contributed by atoms with Gasteiger partial charge in [-0.1, -0.05) is 12.1 Å². The van der Waals surface area contributed by atoms with Gasteiger partial charge in [0.1, 0.15) is 17.5 Å². The molecule has 0 spiro atoms. The molecule has 2 atom stereocenters. The number of ether oxygens (including phenoxy) is 1. The van der Waals surface area contributed by atoms with Gasteiger partial charge in [-0.3, -0.25) is 4.90 Å². The molecule has 6 heteroatoms. The van der Waals surface area contributed by atoms with Gasteiger partial charge in [-0.15, -0.1) is 0 Å². The first-order valence-corrected chi connectivity index (χ1v) is 7.64. The van der Waals surface area contributed by atoms with Gasteiger partial charge in [-0.2, -0.15) is 0 Å². The Labute approximate surface area is 135 Å². The van der Waals surface area contributed by atoms with Crippen LogP contribution < -0.4 is 0 Å². The van der Waals surface area contributed by atoms with Crippen LogP contribution in [0.1, 0.15) is 32.8 Å². The predicted octanol–water partition coefficient (Wildman–Crippen LogP) is 3.08. The Hall–Kier alpha value is -2.11. The maximum atomic E-state index is 13.3. The molecule has 2 rings (SSSR count).